The minimum atomic E-state index is -3.47. The van der Waals surface area contributed by atoms with Crippen LogP contribution in [0.15, 0.2) is 36.5 Å². The first-order chi connectivity index (χ1) is 12.9. The van der Waals surface area contributed by atoms with Crippen molar-refractivity contribution < 1.29 is 22.1 Å². The Bertz CT molecular complexity index is 880. The maximum atomic E-state index is 12.1. The van der Waals surface area contributed by atoms with E-state index in [0.717, 1.165) is 42.3 Å². The summed E-state index contributed by atoms with van der Waals surface area (Å²) >= 11 is 0. The summed E-state index contributed by atoms with van der Waals surface area (Å²) in [5.41, 5.74) is 2.86. The quantitative estimate of drug-likeness (QED) is 0.724. The molecule has 2 aromatic rings. The van der Waals surface area contributed by atoms with Gasteiger partial charge in [-0.25, -0.2) is 4.79 Å². The number of benzene rings is 1. The Balaban J connectivity index is 1.57. The third-order valence-electron chi connectivity index (χ3n) is 4.37. The molecule has 1 aromatic heterocycles. The topological polar surface area (TPSA) is 99.5 Å². The summed E-state index contributed by atoms with van der Waals surface area (Å²) in [7, 11) is -3.47. The Hall–Kier alpha value is -2.39. The molecule has 0 spiro atoms. The molecule has 8 nitrogen and oxygen atoms in total. The fraction of sp³-hybridized carbons (Fsp3) is 0.444. The van der Waals surface area contributed by atoms with Crippen molar-refractivity contribution >= 4 is 16.2 Å². The monoisotopic (exact) mass is 393 g/mol. The molecule has 0 fully saturated rings. The molecule has 1 N–H and O–H groups in total. The van der Waals surface area contributed by atoms with E-state index in [1.165, 1.54) is 0 Å². The van der Waals surface area contributed by atoms with E-state index in [9.17, 15) is 13.2 Å². The van der Waals surface area contributed by atoms with Crippen molar-refractivity contribution in [3.8, 4) is 0 Å². The van der Waals surface area contributed by atoms with Gasteiger partial charge >= 0.3 is 6.09 Å². The lowest BCUT2D eigenvalue weighted by molar-refractivity contribution is 0.134. The maximum Gasteiger partial charge on any atom is 0.407 e. The van der Waals surface area contributed by atoms with Crippen LogP contribution in [0.2, 0.25) is 0 Å². The van der Waals surface area contributed by atoms with Crippen LogP contribution >= 0.6 is 0 Å². The van der Waals surface area contributed by atoms with Crippen LogP contribution in [0.4, 0.5) is 4.79 Å². The Kier molecular flexibility index (Phi) is 6.12. The van der Waals surface area contributed by atoms with Gasteiger partial charge in [0.2, 0.25) is 0 Å². The average Bonchev–Trinajstić information content (AvgIpc) is 3.04. The summed E-state index contributed by atoms with van der Waals surface area (Å²) in [6, 6.07) is 9.33. The highest BCUT2D eigenvalue weighted by molar-refractivity contribution is 7.85. The van der Waals surface area contributed by atoms with Crippen molar-refractivity contribution in [3.05, 3.63) is 53.3 Å². The summed E-state index contributed by atoms with van der Waals surface area (Å²) < 4.78 is 34.0. The molecule has 3 rings (SSSR count). The van der Waals surface area contributed by atoms with E-state index in [0.29, 0.717) is 6.54 Å². The summed E-state index contributed by atoms with van der Waals surface area (Å²) in [5.74, 6) is 0. The summed E-state index contributed by atoms with van der Waals surface area (Å²) in [5, 5.41) is 7.22. The predicted molar refractivity (Wildman–Crippen MR) is 98.5 cm³/mol. The number of aromatic nitrogens is 2. The SMILES string of the molecule is CS(=O)(=O)OCCn1ncc2c1CCCC2NC(=O)OCc1ccccc1. The average molecular weight is 393 g/mol. The zero-order valence-corrected chi connectivity index (χ0v) is 15.9. The van der Waals surface area contributed by atoms with Crippen LogP contribution in [0.1, 0.15) is 35.7 Å². The number of nitrogens with one attached hydrogen (secondary N) is 1. The Morgan fingerprint density at radius 1 is 1.33 bits per heavy atom. The highest BCUT2D eigenvalue weighted by Gasteiger charge is 2.26. The number of carbonyl (C=O) groups is 1. The minimum absolute atomic E-state index is 0.0319. The number of fused-ring (bicyclic) bond motifs is 1. The van der Waals surface area contributed by atoms with E-state index in [-0.39, 0.29) is 19.3 Å². The highest BCUT2D eigenvalue weighted by atomic mass is 32.2. The molecule has 1 atom stereocenters. The number of hydrogen-bond donors (Lipinski definition) is 1. The zero-order valence-electron chi connectivity index (χ0n) is 15.1. The second-order valence-corrected chi connectivity index (χ2v) is 8.09. The van der Waals surface area contributed by atoms with E-state index in [1.54, 1.807) is 10.9 Å². The highest BCUT2D eigenvalue weighted by Crippen LogP contribution is 2.29. The van der Waals surface area contributed by atoms with E-state index >= 15 is 0 Å². The first kappa shape index (κ1) is 19.4. The van der Waals surface area contributed by atoms with Crippen molar-refractivity contribution in [2.45, 2.75) is 38.5 Å². The van der Waals surface area contributed by atoms with Gasteiger partial charge in [-0.15, -0.1) is 0 Å². The van der Waals surface area contributed by atoms with Crippen LogP contribution < -0.4 is 5.32 Å². The number of carbonyl (C=O) groups excluding carboxylic acids is 1. The van der Waals surface area contributed by atoms with Gasteiger partial charge in [-0.3, -0.25) is 8.86 Å². The van der Waals surface area contributed by atoms with Crippen LogP contribution in [-0.4, -0.2) is 37.2 Å². The summed E-state index contributed by atoms with van der Waals surface area (Å²) in [6.07, 6.45) is 4.80. The standard InChI is InChI=1S/C18H23N3O5S/c1-27(23,24)26-11-10-21-17-9-5-8-16(15(17)12-19-21)20-18(22)25-13-14-6-3-2-4-7-14/h2-4,6-7,12,16H,5,8-11,13H2,1H3,(H,20,22). The fourth-order valence-electron chi connectivity index (χ4n) is 3.14. The van der Waals surface area contributed by atoms with E-state index < -0.39 is 16.2 Å². The second-order valence-electron chi connectivity index (χ2n) is 6.45. The Labute approximate surface area is 158 Å². The lowest BCUT2D eigenvalue weighted by Crippen LogP contribution is -2.31. The normalized spacial score (nSPS) is 16.6. The van der Waals surface area contributed by atoms with Crippen molar-refractivity contribution in [3.63, 3.8) is 0 Å². The lowest BCUT2D eigenvalue weighted by Gasteiger charge is -2.24. The number of rotatable bonds is 7. The maximum absolute atomic E-state index is 12.1. The largest absolute Gasteiger partial charge is 0.445 e. The molecule has 9 heteroatoms. The number of ether oxygens (including phenoxy) is 1. The van der Waals surface area contributed by atoms with Crippen LogP contribution in [0.5, 0.6) is 0 Å². The van der Waals surface area contributed by atoms with Gasteiger partial charge in [0.15, 0.2) is 0 Å². The molecule has 1 aliphatic carbocycles. The van der Waals surface area contributed by atoms with Gasteiger partial charge in [-0.2, -0.15) is 13.5 Å². The molecule has 146 valence electrons. The second kappa shape index (κ2) is 8.53. The molecule has 0 radical (unpaired) electrons. The number of amides is 1. The van der Waals surface area contributed by atoms with Crippen molar-refractivity contribution in [2.75, 3.05) is 12.9 Å². The first-order valence-electron chi connectivity index (χ1n) is 8.78. The Morgan fingerprint density at radius 3 is 2.85 bits per heavy atom. The van der Waals surface area contributed by atoms with Gasteiger partial charge in [-0.05, 0) is 24.8 Å². The molecule has 0 saturated carbocycles. The smallest absolute Gasteiger partial charge is 0.407 e. The number of alkyl carbamates (subject to hydrolysis) is 1. The van der Waals surface area contributed by atoms with Crippen LogP contribution in [0, 0.1) is 0 Å². The van der Waals surface area contributed by atoms with Gasteiger partial charge in [0, 0.05) is 11.3 Å². The van der Waals surface area contributed by atoms with Gasteiger partial charge in [0.25, 0.3) is 10.1 Å². The fourth-order valence-corrected chi connectivity index (χ4v) is 3.52. The van der Waals surface area contributed by atoms with Crippen molar-refractivity contribution in [2.24, 2.45) is 0 Å². The van der Waals surface area contributed by atoms with Gasteiger partial charge in [0.05, 0.1) is 31.6 Å². The molecule has 0 bridgehead atoms. The van der Waals surface area contributed by atoms with Crippen LogP contribution in [0.25, 0.3) is 0 Å². The third kappa shape index (κ3) is 5.54. The summed E-state index contributed by atoms with van der Waals surface area (Å²) in [4.78, 5) is 12.1. The van der Waals surface area contributed by atoms with E-state index in [1.807, 2.05) is 30.3 Å². The number of nitrogens with zero attached hydrogens (tertiary/aromatic N) is 2. The van der Waals surface area contributed by atoms with Crippen LogP contribution in [0.3, 0.4) is 0 Å². The van der Waals surface area contributed by atoms with Crippen molar-refractivity contribution in [1.29, 1.82) is 0 Å². The van der Waals surface area contributed by atoms with Gasteiger partial charge in [-0.1, -0.05) is 30.3 Å². The molecule has 1 unspecified atom stereocenters. The van der Waals surface area contributed by atoms with Gasteiger partial charge in [0.1, 0.15) is 6.61 Å². The zero-order chi connectivity index (χ0) is 19.3. The molecule has 1 amide bonds. The molecule has 27 heavy (non-hydrogen) atoms. The molecule has 1 heterocycles. The molecule has 1 aromatic carbocycles. The minimum Gasteiger partial charge on any atom is -0.445 e. The third-order valence-corrected chi connectivity index (χ3v) is 4.96. The number of hydrogen-bond acceptors (Lipinski definition) is 6. The summed E-state index contributed by atoms with van der Waals surface area (Å²) in [6.45, 7) is 0.589. The molecular weight excluding hydrogens is 370 g/mol. The Morgan fingerprint density at radius 2 is 2.11 bits per heavy atom. The van der Waals surface area contributed by atoms with Crippen molar-refractivity contribution in [1.82, 2.24) is 15.1 Å². The molecular formula is C18H23N3O5S. The van der Waals surface area contributed by atoms with Crippen LogP contribution in [-0.2, 0) is 38.6 Å². The predicted octanol–water partition coefficient (Wildman–Crippen LogP) is 2.16. The van der Waals surface area contributed by atoms with E-state index in [4.69, 9.17) is 8.92 Å². The van der Waals surface area contributed by atoms with Gasteiger partial charge < -0.3 is 10.1 Å². The first-order valence-corrected chi connectivity index (χ1v) is 10.6. The van der Waals surface area contributed by atoms with E-state index in [2.05, 4.69) is 10.4 Å². The molecule has 1 aliphatic rings. The molecule has 0 saturated heterocycles. The molecule has 0 aliphatic heterocycles. The lowest BCUT2D eigenvalue weighted by atomic mass is 9.93.